The van der Waals surface area contributed by atoms with Crippen molar-refractivity contribution in [1.29, 1.82) is 0 Å². The maximum Gasteiger partial charge on any atom is 0.281 e. The highest BCUT2D eigenvalue weighted by Crippen LogP contribution is 2.25. The van der Waals surface area contributed by atoms with Crippen molar-refractivity contribution in [3.05, 3.63) is 39.5 Å². The number of nitrogens with one attached hydrogen (secondary N) is 2. The van der Waals surface area contributed by atoms with E-state index >= 15 is 0 Å². The van der Waals surface area contributed by atoms with E-state index in [4.69, 9.17) is 5.73 Å². The number of H-pyrrole nitrogens is 1. The molecule has 0 aliphatic carbocycles. The zero-order valence-electron chi connectivity index (χ0n) is 11.8. The summed E-state index contributed by atoms with van der Waals surface area (Å²) in [5.41, 5.74) is 8.20. The third-order valence-electron chi connectivity index (χ3n) is 3.19. The SMILES string of the molecule is CCc1cc(Br)ccc1NS(=O)(=O)c1n[nH]c(C)c1CN. The Morgan fingerprint density at radius 3 is 2.76 bits per heavy atom. The van der Waals surface area contributed by atoms with E-state index in [-0.39, 0.29) is 11.6 Å². The Hall–Kier alpha value is -1.38. The van der Waals surface area contributed by atoms with E-state index in [0.29, 0.717) is 23.4 Å². The van der Waals surface area contributed by atoms with E-state index < -0.39 is 10.0 Å². The summed E-state index contributed by atoms with van der Waals surface area (Å²) in [7, 11) is -3.77. The highest BCUT2D eigenvalue weighted by Gasteiger charge is 2.23. The number of aryl methyl sites for hydroxylation is 2. The van der Waals surface area contributed by atoms with Crippen LogP contribution >= 0.6 is 15.9 Å². The second kappa shape index (κ2) is 6.17. The van der Waals surface area contributed by atoms with Crippen molar-refractivity contribution in [2.45, 2.75) is 31.8 Å². The third-order valence-corrected chi connectivity index (χ3v) is 5.02. The standard InChI is InChI=1S/C13H17BrN4O2S/c1-3-9-6-10(14)4-5-12(9)18-21(19,20)13-11(7-15)8(2)16-17-13/h4-6,18H,3,7,15H2,1-2H3,(H,16,17). The average molecular weight is 373 g/mol. The minimum Gasteiger partial charge on any atom is -0.326 e. The summed E-state index contributed by atoms with van der Waals surface area (Å²) in [5, 5.41) is 6.48. The van der Waals surface area contributed by atoms with E-state index in [1.165, 1.54) is 0 Å². The molecule has 2 rings (SSSR count). The van der Waals surface area contributed by atoms with Crippen molar-refractivity contribution in [1.82, 2.24) is 10.2 Å². The van der Waals surface area contributed by atoms with Crippen LogP contribution in [0.2, 0.25) is 0 Å². The van der Waals surface area contributed by atoms with Crippen LogP contribution in [0.15, 0.2) is 27.7 Å². The first-order valence-electron chi connectivity index (χ1n) is 6.44. The molecule has 6 nitrogen and oxygen atoms in total. The largest absolute Gasteiger partial charge is 0.326 e. The number of anilines is 1. The highest BCUT2D eigenvalue weighted by molar-refractivity contribution is 9.10. The molecule has 114 valence electrons. The molecule has 0 bridgehead atoms. The van der Waals surface area contributed by atoms with Gasteiger partial charge in [0.05, 0.1) is 5.69 Å². The Morgan fingerprint density at radius 2 is 2.14 bits per heavy atom. The Balaban J connectivity index is 2.42. The number of nitrogens with two attached hydrogens (primary N) is 1. The molecule has 0 aliphatic rings. The Kier molecular flexibility index (Phi) is 4.70. The zero-order valence-corrected chi connectivity index (χ0v) is 14.2. The summed E-state index contributed by atoms with van der Waals surface area (Å²) in [5.74, 6) is 0. The van der Waals surface area contributed by atoms with Crippen molar-refractivity contribution in [2.75, 3.05) is 4.72 Å². The second-order valence-electron chi connectivity index (χ2n) is 4.60. The van der Waals surface area contributed by atoms with Crippen molar-refractivity contribution in [2.24, 2.45) is 5.73 Å². The highest BCUT2D eigenvalue weighted by atomic mass is 79.9. The molecule has 1 aromatic heterocycles. The van der Waals surface area contributed by atoms with Crippen molar-refractivity contribution in [3.63, 3.8) is 0 Å². The van der Waals surface area contributed by atoms with E-state index in [2.05, 4.69) is 30.8 Å². The van der Waals surface area contributed by atoms with Gasteiger partial charge in [0.25, 0.3) is 10.0 Å². The van der Waals surface area contributed by atoms with Gasteiger partial charge in [-0.2, -0.15) is 13.5 Å². The van der Waals surface area contributed by atoms with Crippen LogP contribution < -0.4 is 10.5 Å². The fraction of sp³-hybridized carbons (Fsp3) is 0.308. The van der Waals surface area contributed by atoms with E-state index in [0.717, 1.165) is 10.0 Å². The van der Waals surface area contributed by atoms with Gasteiger partial charge in [0.1, 0.15) is 0 Å². The maximum absolute atomic E-state index is 12.5. The predicted octanol–water partition coefficient (Wildman–Crippen LogP) is 2.30. The van der Waals surface area contributed by atoms with Gasteiger partial charge in [0, 0.05) is 22.3 Å². The van der Waals surface area contributed by atoms with Gasteiger partial charge in [-0.3, -0.25) is 9.82 Å². The monoisotopic (exact) mass is 372 g/mol. The van der Waals surface area contributed by atoms with Gasteiger partial charge in [0.2, 0.25) is 5.03 Å². The van der Waals surface area contributed by atoms with Gasteiger partial charge in [0.15, 0.2) is 0 Å². The number of rotatable bonds is 5. The van der Waals surface area contributed by atoms with Gasteiger partial charge >= 0.3 is 0 Å². The van der Waals surface area contributed by atoms with Crippen molar-refractivity contribution < 1.29 is 8.42 Å². The molecule has 0 spiro atoms. The Morgan fingerprint density at radius 1 is 1.43 bits per heavy atom. The van der Waals surface area contributed by atoms with E-state index in [1.54, 1.807) is 19.1 Å². The fourth-order valence-corrected chi connectivity index (χ4v) is 3.76. The zero-order chi connectivity index (χ0) is 15.6. The molecule has 4 N–H and O–H groups in total. The van der Waals surface area contributed by atoms with Gasteiger partial charge in [-0.05, 0) is 37.1 Å². The van der Waals surface area contributed by atoms with Crippen LogP contribution in [0.4, 0.5) is 5.69 Å². The number of sulfonamides is 1. The third kappa shape index (κ3) is 3.28. The molecule has 0 radical (unpaired) electrons. The molecule has 0 saturated heterocycles. The lowest BCUT2D eigenvalue weighted by Gasteiger charge is -2.11. The molecule has 0 saturated carbocycles. The average Bonchev–Trinajstić information content (AvgIpc) is 2.82. The number of aromatic amines is 1. The van der Waals surface area contributed by atoms with Crippen LogP contribution in [0.3, 0.4) is 0 Å². The number of benzene rings is 1. The number of halogens is 1. The lowest BCUT2D eigenvalue weighted by molar-refractivity contribution is 0.595. The number of nitrogens with zero attached hydrogens (tertiary/aromatic N) is 1. The first-order valence-corrected chi connectivity index (χ1v) is 8.71. The summed E-state index contributed by atoms with van der Waals surface area (Å²) >= 11 is 3.38. The molecule has 2 aromatic rings. The summed E-state index contributed by atoms with van der Waals surface area (Å²) in [6.45, 7) is 3.81. The van der Waals surface area contributed by atoms with Gasteiger partial charge in [-0.25, -0.2) is 0 Å². The van der Waals surface area contributed by atoms with Crippen LogP contribution in [-0.2, 0) is 23.0 Å². The fourth-order valence-electron chi connectivity index (χ4n) is 2.04. The quantitative estimate of drug-likeness (QED) is 0.749. The molecule has 0 atom stereocenters. The smallest absolute Gasteiger partial charge is 0.281 e. The molecule has 0 amide bonds. The van der Waals surface area contributed by atoms with Gasteiger partial charge < -0.3 is 5.73 Å². The minimum atomic E-state index is -3.77. The van der Waals surface area contributed by atoms with Crippen molar-refractivity contribution in [3.8, 4) is 0 Å². The number of hydrogen-bond donors (Lipinski definition) is 3. The lowest BCUT2D eigenvalue weighted by atomic mass is 10.1. The van der Waals surface area contributed by atoms with Crippen LogP contribution in [-0.4, -0.2) is 18.6 Å². The van der Waals surface area contributed by atoms with Gasteiger partial charge in [-0.15, -0.1) is 0 Å². The summed E-state index contributed by atoms with van der Waals surface area (Å²) in [6, 6.07) is 5.40. The molecule has 8 heteroatoms. The molecular formula is C13H17BrN4O2S. The van der Waals surface area contributed by atoms with Crippen molar-refractivity contribution >= 4 is 31.6 Å². The van der Waals surface area contributed by atoms with Crippen LogP contribution in [0.5, 0.6) is 0 Å². The molecule has 0 unspecified atom stereocenters. The molecule has 0 aliphatic heterocycles. The first kappa shape index (κ1) is 16.0. The second-order valence-corrected chi connectivity index (χ2v) is 7.11. The van der Waals surface area contributed by atoms with E-state index in [1.807, 2.05) is 13.0 Å². The topological polar surface area (TPSA) is 101 Å². The maximum atomic E-state index is 12.5. The molecular weight excluding hydrogens is 356 g/mol. The minimum absolute atomic E-state index is 0.0486. The van der Waals surface area contributed by atoms with Gasteiger partial charge in [-0.1, -0.05) is 22.9 Å². The normalized spacial score (nSPS) is 11.6. The first-order chi connectivity index (χ1) is 9.89. The molecule has 0 fully saturated rings. The van der Waals surface area contributed by atoms with Crippen LogP contribution in [0.25, 0.3) is 0 Å². The molecule has 1 aromatic carbocycles. The lowest BCUT2D eigenvalue weighted by Crippen LogP contribution is -2.17. The molecule has 1 heterocycles. The summed E-state index contributed by atoms with van der Waals surface area (Å²) in [6.07, 6.45) is 0.709. The van der Waals surface area contributed by atoms with E-state index in [9.17, 15) is 8.42 Å². The summed E-state index contributed by atoms with van der Waals surface area (Å²) in [4.78, 5) is 0. The number of aromatic nitrogens is 2. The summed E-state index contributed by atoms with van der Waals surface area (Å²) < 4.78 is 28.5. The predicted molar refractivity (Wildman–Crippen MR) is 85.5 cm³/mol. The number of hydrogen-bond acceptors (Lipinski definition) is 4. The Labute approximate surface area is 132 Å². The van der Waals surface area contributed by atoms with Crippen LogP contribution in [0, 0.1) is 6.92 Å². The van der Waals surface area contributed by atoms with Crippen LogP contribution in [0.1, 0.15) is 23.7 Å². The Bertz CT molecular complexity index is 756. The molecule has 21 heavy (non-hydrogen) atoms.